The maximum atomic E-state index is 13.4. The Bertz CT molecular complexity index is 872. The molecule has 1 saturated heterocycles. The molecule has 136 valence electrons. The van der Waals surface area contributed by atoms with Crippen molar-refractivity contribution in [3.05, 3.63) is 36.2 Å². The first-order chi connectivity index (χ1) is 12.2. The zero-order valence-corrected chi connectivity index (χ0v) is 14.0. The van der Waals surface area contributed by atoms with Crippen molar-refractivity contribution >= 4 is 23.5 Å². The van der Waals surface area contributed by atoms with Crippen molar-refractivity contribution in [2.75, 3.05) is 24.1 Å². The second kappa shape index (κ2) is 6.66. The fourth-order valence-electron chi connectivity index (χ4n) is 2.74. The topological polar surface area (TPSA) is 101 Å². The van der Waals surface area contributed by atoms with Crippen molar-refractivity contribution in [3.8, 4) is 11.1 Å². The lowest BCUT2D eigenvalue weighted by Gasteiger charge is -2.17. The molecule has 0 saturated carbocycles. The van der Waals surface area contributed by atoms with E-state index in [1.54, 1.807) is 12.1 Å². The number of nitrogens with one attached hydrogen (secondary N) is 1. The third kappa shape index (κ3) is 3.76. The fraction of sp³-hybridized carbons (Fsp3) is 0.294. The number of nitrogens with zero attached hydrogens (tertiary/aromatic N) is 3. The van der Waals surface area contributed by atoms with Gasteiger partial charge in [-0.3, -0.25) is 9.59 Å². The Morgan fingerprint density at radius 1 is 1.27 bits per heavy atom. The van der Waals surface area contributed by atoms with Gasteiger partial charge in [-0.15, -0.1) is 0 Å². The quantitative estimate of drug-likeness (QED) is 0.872. The molecular weight excluding hydrogens is 344 g/mol. The van der Waals surface area contributed by atoms with Crippen LogP contribution in [0.15, 0.2) is 30.6 Å². The minimum absolute atomic E-state index is 0.0230. The number of rotatable bonds is 3. The third-order valence-electron chi connectivity index (χ3n) is 4.00. The highest BCUT2D eigenvalue weighted by Crippen LogP contribution is 2.30. The highest BCUT2D eigenvalue weighted by Gasteiger charge is 2.40. The molecule has 0 radical (unpaired) electrons. The number of hydrogen-bond donors (Lipinski definition) is 2. The molecule has 0 unspecified atom stereocenters. The summed E-state index contributed by atoms with van der Waals surface area (Å²) in [5.41, 5.74) is 7.06. The van der Waals surface area contributed by atoms with Crippen LogP contribution < -0.4 is 11.1 Å². The SMILES string of the molecule is CC(=O)Nc1cc(-c2cnc(N)c(C(=O)N3CCC(F)(F)C3)c2)ccn1. The number of alkyl halides is 2. The molecule has 3 heterocycles. The summed E-state index contributed by atoms with van der Waals surface area (Å²) in [7, 11) is 0. The van der Waals surface area contributed by atoms with Gasteiger partial charge < -0.3 is 16.0 Å². The van der Waals surface area contributed by atoms with E-state index in [-0.39, 0.29) is 30.3 Å². The van der Waals surface area contributed by atoms with E-state index in [9.17, 15) is 18.4 Å². The van der Waals surface area contributed by atoms with Gasteiger partial charge in [0.2, 0.25) is 5.91 Å². The molecule has 3 rings (SSSR count). The zero-order chi connectivity index (χ0) is 18.9. The molecular formula is C17H17F2N5O2. The molecule has 1 aliphatic rings. The normalized spacial score (nSPS) is 15.7. The molecule has 2 aromatic rings. The maximum Gasteiger partial charge on any atom is 0.267 e. The number of carbonyl (C=O) groups excluding carboxylic acids is 2. The van der Waals surface area contributed by atoms with Crippen LogP contribution in [0.25, 0.3) is 11.1 Å². The van der Waals surface area contributed by atoms with Gasteiger partial charge >= 0.3 is 0 Å². The Morgan fingerprint density at radius 3 is 2.69 bits per heavy atom. The van der Waals surface area contributed by atoms with Crippen LogP contribution in [0.1, 0.15) is 23.7 Å². The molecule has 7 nitrogen and oxygen atoms in total. The molecule has 0 spiro atoms. The summed E-state index contributed by atoms with van der Waals surface area (Å²) in [6, 6.07) is 4.80. The number of pyridine rings is 2. The van der Waals surface area contributed by atoms with Crippen LogP contribution in [0.5, 0.6) is 0 Å². The molecule has 1 aliphatic heterocycles. The van der Waals surface area contributed by atoms with Crippen LogP contribution in [0, 0.1) is 0 Å². The van der Waals surface area contributed by atoms with Crippen LogP contribution in [0.3, 0.4) is 0 Å². The highest BCUT2D eigenvalue weighted by molar-refractivity contribution is 5.99. The number of likely N-dealkylation sites (tertiary alicyclic amines) is 1. The monoisotopic (exact) mass is 361 g/mol. The van der Waals surface area contributed by atoms with E-state index >= 15 is 0 Å². The Morgan fingerprint density at radius 2 is 2.04 bits per heavy atom. The number of aromatic nitrogens is 2. The summed E-state index contributed by atoms with van der Waals surface area (Å²) in [5, 5.41) is 2.56. The maximum absolute atomic E-state index is 13.4. The zero-order valence-electron chi connectivity index (χ0n) is 14.0. The van der Waals surface area contributed by atoms with E-state index in [0.29, 0.717) is 16.9 Å². The summed E-state index contributed by atoms with van der Waals surface area (Å²) in [6.07, 6.45) is 2.60. The Hall–Kier alpha value is -3.10. The molecule has 9 heteroatoms. The van der Waals surface area contributed by atoms with E-state index in [1.807, 2.05) is 0 Å². The first-order valence-corrected chi connectivity index (χ1v) is 7.92. The van der Waals surface area contributed by atoms with Gasteiger partial charge in [-0.1, -0.05) is 0 Å². The first-order valence-electron chi connectivity index (χ1n) is 7.92. The molecule has 26 heavy (non-hydrogen) atoms. The standard InChI is InChI=1S/C17H17F2N5O2/c1-10(25)23-14-7-11(2-4-21-14)12-6-13(15(20)22-8-12)16(26)24-5-3-17(18,19)9-24/h2,4,6-8H,3,5,9H2,1H3,(H2,20,22)(H,21,23,25). The second-order valence-corrected chi connectivity index (χ2v) is 6.10. The van der Waals surface area contributed by atoms with Crippen LogP contribution in [-0.2, 0) is 4.79 Å². The molecule has 3 N–H and O–H groups in total. The van der Waals surface area contributed by atoms with Crippen LogP contribution in [0.4, 0.5) is 20.4 Å². The van der Waals surface area contributed by atoms with Gasteiger partial charge in [0.15, 0.2) is 0 Å². The van der Waals surface area contributed by atoms with Gasteiger partial charge in [-0.2, -0.15) is 0 Å². The Kier molecular flexibility index (Phi) is 4.54. The van der Waals surface area contributed by atoms with Crippen LogP contribution >= 0.6 is 0 Å². The second-order valence-electron chi connectivity index (χ2n) is 6.10. The molecule has 0 atom stereocenters. The van der Waals surface area contributed by atoms with Gasteiger partial charge in [-0.25, -0.2) is 18.7 Å². The van der Waals surface area contributed by atoms with Crippen molar-refractivity contribution in [2.24, 2.45) is 0 Å². The largest absolute Gasteiger partial charge is 0.383 e. The lowest BCUT2D eigenvalue weighted by molar-refractivity contribution is -0.114. The van der Waals surface area contributed by atoms with Gasteiger partial charge in [0.25, 0.3) is 11.8 Å². The third-order valence-corrected chi connectivity index (χ3v) is 4.00. The number of amides is 2. The van der Waals surface area contributed by atoms with Crippen molar-refractivity contribution in [1.29, 1.82) is 0 Å². The summed E-state index contributed by atoms with van der Waals surface area (Å²) in [4.78, 5) is 32.8. The molecule has 2 aromatic heterocycles. The number of hydrogen-bond acceptors (Lipinski definition) is 5. The van der Waals surface area contributed by atoms with E-state index in [1.165, 1.54) is 25.4 Å². The van der Waals surface area contributed by atoms with Gasteiger partial charge in [0.05, 0.1) is 12.1 Å². The van der Waals surface area contributed by atoms with E-state index in [0.717, 1.165) is 4.90 Å². The molecule has 2 amide bonds. The van der Waals surface area contributed by atoms with E-state index in [4.69, 9.17) is 5.73 Å². The predicted molar refractivity (Wildman–Crippen MR) is 91.7 cm³/mol. The molecule has 1 fully saturated rings. The Balaban J connectivity index is 1.91. The number of anilines is 2. The van der Waals surface area contributed by atoms with Crippen molar-refractivity contribution in [1.82, 2.24) is 14.9 Å². The predicted octanol–water partition coefficient (Wildman–Crippen LogP) is 2.17. The van der Waals surface area contributed by atoms with Gasteiger partial charge in [-0.05, 0) is 23.8 Å². The van der Waals surface area contributed by atoms with E-state index < -0.39 is 18.4 Å². The summed E-state index contributed by atoms with van der Waals surface area (Å²) in [5.74, 6) is -3.40. The highest BCUT2D eigenvalue weighted by atomic mass is 19.3. The molecule has 0 bridgehead atoms. The van der Waals surface area contributed by atoms with Gasteiger partial charge in [0.1, 0.15) is 11.6 Å². The smallest absolute Gasteiger partial charge is 0.267 e. The number of carbonyl (C=O) groups is 2. The lowest BCUT2D eigenvalue weighted by atomic mass is 10.1. The Labute approximate surface area is 148 Å². The summed E-state index contributed by atoms with van der Waals surface area (Å²) in [6.45, 7) is 0.705. The van der Waals surface area contributed by atoms with Crippen molar-refractivity contribution in [2.45, 2.75) is 19.3 Å². The summed E-state index contributed by atoms with van der Waals surface area (Å²) < 4.78 is 26.8. The minimum Gasteiger partial charge on any atom is -0.383 e. The van der Waals surface area contributed by atoms with Crippen LogP contribution in [0.2, 0.25) is 0 Å². The number of halogens is 2. The number of nitrogen functional groups attached to an aromatic ring is 1. The lowest BCUT2D eigenvalue weighted by Crippen LogP contribution is -2.32. The molecule has 0 aromatic carbocycles. The number of nitrogens with two attached hydrogens (primary N) is 1. The average molecular weight is 361 g/mol. The fourth-order valence-corrected chi connectivity index (χ4v) is 2.74. The summed E-state index contributed by atoms with van der Waals surface area (Å²) >= 11 is 0. The minimum atomic E-state index is -2.88. The van der Waals surface area contributed by atoms with E-state index in [2.05, 4.69) is 15.3 Å². The van der Waals surface area contributed by atoms with Crippen molar-refractivity contribution in [3.63, 3.8) is 0 Å². The average Bonchev–Trinajstić information content (AvgIpc) is 2.94. The molecule has 0 aliphatic carbocycles. The van der Waals surface area contributed by atoms with Crippen molar-refractivity contribution < 1.29 is 18.4 Å². The van der Waals surface area contributed by atoms with Gasteiger partial charge in [0, 0.05) is 37.8 Å². The first kappa shape index (κ1) is 17.7. The van der Waals surface area contributed by atoms with Crippen LogP contribution in [-0.4, -0.2) is 45.7 Å².